The van der Waals surface area contributed by atoms with Gasteiger partial charge in [0.15, 0.2) is 0 Å². The molecule has 1 amide bonds. The average Bonchev–Trinajstić information content (AvgIpc) is 2.46. The third-order valence-electron chi connectivity index (χ3n) is 3.26. The van der Waals surface area contributed by atoms with Crippen LogP contribution in [0.1, 0.15) is 29.0 Å². The number of halogens is 1. The molecule has 0 saturated carbocycles. The molecular formula is C15H16FN3O. The molecular weight excluding hydrogens is 257 g/mol. The number of pyridine rings is 1. The van der Waals surface area contributed by atoms with Crippen LogP contribution in [-0.4, -0.2) is 22.8 Å². The third kappa shape index (κ3) is 2.93. The largest absolute Gasteiger partial charge is 0.397 e. The highest BCUT2D eigenvalue weighted by molar-refractivity contribution is 5.92. The molecule has 5 heteroatoms. The summed E-state index contributed by atoms with van der Waals surface area (Å²) in [6.45, 7) is 1.88. The van der Waals surface area contributed by atoms with Crippen LogP contribution in [0.25, 0.3) is 0 Å². The SMILES string of the molecule is CC(c1ccc(F)cc1)N(C)C(=O)c1ccc(N)cn1. The van der Waals surface area contributed by atoms with Crippen LogP contribution in [0.5, 0.6) is 0 Å². The van der Waals surface area contributed by atoms with Gasteiger partial charge in [0.25, 0.3) is 5.91 Å². The Bertz CT molecular complexity index is 596. The highest BCUT2D eigenvalue weighted by atomic mass is 19.1. The smallest absolute Gasteiger partial charge is 0.272 e. The minimum atomic E-state index is -0.296. The van der Waals surface area contributed by atoms with Gasteiger partial charge in [-0.3, -0.25) is 4.79 Å². The fourth-order valence-corrected chi connectivity index (χ4v) is 1.85. The highest BCUT2D eigenvalue weighted by Crippen LogP contribution is 2.20. The van der Waals surface area contributed by atoms with Gasteiger partial charge < -0.3 is 10.6 Å². The first-order valence-corrected chi connectivity index (χ1v) is 6.23. The molecule has 4 nitrogen and oxygen atoms in total. The topological polar surface area (TPSA) is 59.2 Å². The molecule has 1 unspecified atom stereocenters. The molecule has 2 rings (SSSR count). The Morgan fingerprint density at radius 2 is 1.90 bits per heavy atom. The second-order valence-electron chi connectivity index (χ2n) is 4.62. The molecule has 0 radical (unpaired) electrons. The van der Waals surface area contributed by atoms with Crippen LogP contribution in [-0.2, 0) is 0 Å². The van der Waals surface area contributed by atoms with Gasteiger partial charge in [0.05, 0.1) is 17.9 Å². The number of nitrogens with two attached hydrogens (primary N) is 1. The van der Waals surface area contributed by atoms with E-state index in [-0.39, 0.29) is 17.8 Å². The Hall–Kier alpha value is -2.43. The third-order valence-corrected chi connectivity index (χ3v) is 3.26. The normalized spacial score (nSPS) is 11.9. The number of rotatable bonds is 3. The van der Waals surface area contributed by atoms with Crippen molar-refractivity contribution in [1.29, 1.82) is 0 Å². The standard InChI is InChI=1S/C15H16FN3O/c1-10(11-3-5-12(16)6-4-11)19(2)15(20)14-8-7-13(17)9-18-14/h3-10H,17H2,1-2H3. The van der Waals surface area contributed by atoms with E-state index in [1.54, 1.807) is 36.2 Å². The molecule has 1 heterocycles. The van der Waals surface area contributed by atoms with Crippen LogP contribution in [0, 0.1) is 5.82 Å². The fraction of sp³-hybridized carbons (Fsp3) is 0.200. The monoisotopic (exact) mass is 273 g/mol. The lowest BCUT2D eigenvalue weighted by Crippen LogP contribution is -2.30. The van der Waals surface area contributed by atoms with Crippen molar-refractivity contribution in [3.8, 4) is 0 Å². The Morgan fingerprint density at radius 1 is 1.25 bits per heavy atom. The molecule has 1 aromatic heterocycles. The average molecular weight is 273 g/mol. The summed E-state index contributed by atoms with van der Waals surface area (Å²) in [6, 6.07) is 9.14. The summed E-state index contributed by atoms with van der Waals surface area (Å²) in [5.41, 5.74) is 7.24. The summed E-state index contributed by atoms with van der Waals surface area (Å²) in [4.78, 5) is 17.9. The van der Waals surface area contributed by atoms with Crippen molar-refractivity contribution in [3.05, 3.63) is 59.7 Å². The Labute approximate surface area is 117 Å². The van der Waals surface area contributed by atoms with E-state index in [1.807, 2.05) is 6.92 Å². The lowest BCUT2D eigenvalue weighted by molar-refractivity contribution is 0.0737. The lowest BCUT2D eigenvalue weighted by atomic mass is 10.1. The van der Waals surface area contributed by atoms with Gasteiger partial charge in [-0.2, -0.15) is 0 Å². The van der Waals surface area contributed by atoms with Crippen molar-refractivity contribution in [2.45, 2.75) is 13.0 Å². The summed E-state index contributed by atoms with van der Waals surface area (Å²) in [7, 11) is 1.69. The molecule has 2 aromatic rings. The van der Waals surface area contributed by atoms with Crippen molar-refractivity contribution in [3.63, 3.8) is 0 Å². The fourth-order valence-electron chi connectivity index (χ4n) is 1.85. The number of carbonyl (C=O) groups is 1. The Morgan fingerprint density at radius 3 is 2.45 bits per heavy atom. The van der Waals surface area contributed by atoms with Crippen molar-refractivity contribution in [2.75, 3.05) is 12.8 Å². The van der Waals surface area contributed by atoms with Crippen LogP contribution < -0.4 is 5.73 Å². The second kappa shape index (κ2) is 5.69. The van der Waals surface area contributed by atoms with Crippen molar-refractivity contribution in [2.24, 2.45) is 0 Å². The predicted octanol–water partition coefficient (Wildman–Crippen LogP) is 2.64. The molecule has 20 heavy (non-hydrogen) atoms. The number of nitrogen functional groups attached to an aromatic ring is 1. The maximum Gasteiger partial charge on any atom is 0.272 e. The Kier molecular flexibility index (Phi) is 3.98. The van der Waals surface area contributed by atoms with E-state index < -0.39 is 0 Å². The summed E-state index contributed by atoms with van der Waals surface area (Å²) in [5, 5.41) is 0. The number of hydrogen-bond acceptors (Lipinski definition) is 3. The molecule has 0 spiro atoms. The van der Waals surface area contributed by atoms with Crippen molar-refractivity contribution < 1.29 is 9.18 Å². The summed E-state index contributed by atoms with van der Waals surface area (Å²) in [5.74, 6) is -0.503. The molecule has 1 aromatic carbocycles. The number of anilines is 1. The molecule has 2 N–H and O–H groups in total. The zero-order valence-electron chi connectivity index (χ0n) is 11.4. The number of nitrogens with zero attached hydrogens (tertiary/aromatic N) is 2. The van der Waals surface area contributed by atoms with Gasteiger partial charge in [-0.15, -0.1) is 0 Å². The molecule has 0 saturated heterocycles. The molecule has 0 bridgehead atoms. The first kappa shape index (κ1) is 14.0. The van der Waals surface area contributed by atoms with Gasteiger partial charge in [-0.05, 0) is 36.8 Å². The first-order chi connectivity index (χ1) is 9.49. The molecule has 1 atom stereocenters. The quantitative estimate of drug-likeness (QED) is 0.935. The number of aromatic nitrogens is 1. The van der Waals surface area contributed by atoms with Crippen LogP contribution in [0.4, 0.5) is 10.1 Å². The number of carbonyl (C=O) groups excluding carboxylic acids is 1. The van der Waals surface area contributed by atoms with Crippen LogP contribution in [0.15, 0.2) is 42.6 Å². The molecule has 0 aliphatic carbocycles. The summed E-state index contributed by atoms with van der Waals surface area (Å²) >= 11 is 0. The minimum absolute atomic E-state index is 0.178. The number of hydrogen-bond donors (Lipinski definition) is 1. The van der Waals surface area contributed by atoms with E-state index in [4.69, 9.17) is 5.73 Å². The highest BCUT2D eigenvalue weighted by Gasteiger charge is 2.19. The van der Waals surface area contributed by atoms with E-state index in [2.05, 4.69) is 4.98 Å². The number of amides is 1. The lowest BCUT2D eigenvalue weighted by Gasteiger charge is -2.25. The van der Waals surface area contributed by atoms with Gasteiger partial charge in [-0.25, -0.2) is 9.37 Å². The van der Waals surface area contributed by atoms with E-state index in [1.165, 1.54) is 18.3 Å². The van der Waals surface area contributed by atoms with Gasteiger partial charge in [-0.1, -0.05) is 12.1 Å². The second-order valence-corrected chi connectivity index (χ2v) is 4.62. The first-order valence-electron chi connectivity index (χ1n) is 6.23. The van der Waals surface area contributed by atoms with Crippen molar-refractivity contribution in [1.82, 2.24) is 9.88 Å². The van der Waals surface area contributed by atoms with E-state index >= 15 is 0 Å². The molecule has 0 aliphatic heterocycles. The van der Waals surface area contributed by atoms with E-state index in [9.17, 15) is 9.18 Å². The summed E-state index contributed by atoms with van der Waals surface area (Å²) < 4.78 is 12.9. The zero-order valence-corrected chi connectivity index (χ0v) is 11.4. The molecule has 104 valence electrons. The predicted molar refractivity (Wildman–Crippen MR) is 75.6 cm³/mol. The van der Waals surface area contributed by atoms with Gasteiger partial charge in [0.2, 0.25) is 0 Å². The zero-order chi connectivity index (χ0) is 14.7. The van der Waals surface area contributed by atoms with Crippen LogP contribution >= 0.6 is 0 Å². The maximum atomic E-state index is 12.9. The van der Waals surface area contributed by atoms with Gasteiger partial charge in [0, 0.05) is 7.05 Å². The van der Waals surface area contributed by atoms with Gasteiger partial charge in [0.1, 0.15) is 11.5 Å². The number of benzene rings is 1. The Balaban J connectivity index is 2.17. The minimum Gasteiger partial charge on any atom is -0.397 e. The van der Waals surface area contributed by atoms with Crippen LogP contribution in [0.2, 0.25) is 0 Å². The van der Waals surface area contributed by atoms with E-state index in [0.717, 1.165) is 5.56 Å². The molecule has 0 fully saturated rings. The maximum absolute atomic E-state index is 12.9. The van der Waals surface area contributed by atoms with Crippen LogP contribution in [0.3, 0.4) is 0 Å². The molecule has 0 aliphatic rings. The van der Waals surface area contributed by atoms with Crippen molar-refractivity contribution >= 4 is 11.6 Å². The summed E-state index contributed by atoms with van der Waals surface area (Å²) in [6.07, 6.45) is 1.45. The van der Waals surface area contributed by atoms with Gasteiger partial charge >= 0.3 is 0 Å². The van der Waals surface area contributed by atoms with E-state index in [0.29, 0.717) is 11.4 Å².